The fourth-order valence-electron chi connectivity index (χ4n) is 5.16. The van der Waals surface area contributed by atoms with Gasteiger partial charge in [0.25, 0.3) is 0 Å². The summed E-state index contributed by atoms with van der Waals surface area (Å²) in [7, 11) is -3.13. The number of sulfonamides is 1. The fraction of sp³-hybridized carbons (Fsp3) is 0.700. The van der Waals surface area contributed by atoms with Crippen LogP contribution in [0.4, 0.5) is 0 Å². The van der Waals surface area contributed by atoms with Gasteiger partial charge in [-0.2, -0.15) is 4.31 Å². The Morgan fingerprint density at radius 1 is 1.22 bits per heavy atom. The number of nitrogens with zero attached hydrogens (tertiary/aromatic N) is 2. The van der Waals surface area contributed by atoms with Gasteiger partial charge >= 0.3 is 0 Å². The number of hydrogen-bond donors (Lipinski definition) is 0. The monoisotopic (exact) mass is 414 g/mol. The predicted molar refractivity (Wildman–Crippen MR) is 110 cm³/mol. The lowest BCUT2D eigenvalue weighted by Gasteiger charge is -2.51. The van der Waals surface area contributed by atoms with Crippen LogP contribution in [0.5, 0.6) is 5.75 Å². The van der Waals surface area contributed by atoms with E-state index in [9.17, 15) is 8.42 Å². The highest BCUT2D eigenvalue weighted by atomic mass is 35.5. The second-order valence-electron chi connectivity index (χ2n) is 7.77. The van der Waals surface area contributed by atoms with Gasteiger partial charge in [-0.05, 0) is 68.7 Å². The Labute approximate surface area is 169 Å². The first-order chi connectivity index (χ1) is 12.5. The van der Waals surface area contributed by atoms with Crippen molar-refractivity contribution >= 4 is 22.4 Å². The minimum Gasteiger partial charge on any atom is -0.494 e. The van der Waals surface area contributed by atoms with E-state index in [0.717, 1.165) is 44.5 Å². The molecule has 3 atom stereocenters. The molecule has 5 nitrogen and oxygen atoms in total. The van der Waals surface area contributed by atoms with Gasteiger partial charge in [0.2, 0.25) is 10.0 Å². The Morgan fingerprint density at radius 2 is 2.04 bits per heavy atom. The van der Waals surface area contributed by atoms with Gasteiger partial charge in [-0.3, -0.25) is 4.90 Å². The Hall–Kier alpha value is -0.820. The van der Waals surface area contributed by atoms with Crippen LogP contribution in [0.15, 0.2) is 18.2 Å². The highest BCUT2D eigenvalue weighted by Crippen LogP contribution is 2.44. The summed E-state index contributed by atoms with van der Waals surface area (Å²) in [5.74, 6) is 1.63. The second-order valence-corrected chi connectivity index (χ2v) is 9.98. The standard InChI is InChI=1S/C20H30N2O3S.ClH/c1-3-25-17-7-8-18-15(12-17)9-11-21-14-16-6-5-10-22(26(23,24)4-2)19(16)13-20(18)21;/h7-8,12,16,19-20H,3-6,9-11,13-14H2,1-2H3;1H/t16-,19+,20-;/m1./s1. The van der Waals surface area contributed by atoms with Gasteiger partial charge in [0.1, 0.15) is 5.75 Å². The third kappa shape index (κ3) is 3.86. The van der Waals surface area contributed by atoms with E-state index in [4.69, 9.17) is 4.74 Å². The third-order valence-corrected chi connectivity index (χ3v) is 8.31. The molecule has 0 aliphatic carbocycles. The smallest absolute Gasteiger partial charge is 0.214 e. The van der Waals surface area contributed by atoms with Crippen molar-refractivity contribution in [1.29, 1.82) is 0 Å². The van der Waals surface area contributed by atoms with Gasteiger partial charge in [-0.15, -0.1) is 12.4 Å². The Bertz CT molecular complexity index is 770. The molecule has 4 rings (SSSR count). The van der Waals surface area contributed by atoms with Gasteiger partial charge in [0.15, 0.2) is 0 Å². The van der Waals surface area contributed by atoms with E-state index in [-0.39, 0.29) is 24.2 Å². The largest absolute Gasteiger partial charge is 0.494 e. The molecule has 0 bridgehead atoms. The molecule has 0 saturated carbocycles. The zero-order chi connectivity index (χ0) is 18.3. The number of fused-ring (bicyclic) bond motifs is 4. The van der Waals surface area contributed by atoms with Crippen molar-refractivity contribution in [2.24, 2.45) is 5.92 Å². The number of rotatable bonds is 4. The first-order valence-corrected chi connectivity index (χ1v) is 11.6. The van der Waals surface area contributed by atoms with Crippen LogP contribution in [-0.2, 0) is 16.4 Å². The second kappa shape index (κ2) is 8.27. The Morgan fingerprint density at radius 3 is 2.78 bits per heavy atom. The normalized spacial score (nSPS) is 28.4. The topological polar surface area (TPSA) is 49.9 Å². The zero-order valence-electron chi connectivity index (χ0n) is 16.3. The number of piperidine rings is 2. The molecule has 2 saturated heterocycles. The molecule has 0 aromatic heterocycles. The van der Waals surface area contributed by atoms with Crippen molar-refractivity contribution < 1.29 is 13.2 Å². The summed E-state index contributed by atoms with van der Waals surface area (Å²) in [5.41, 5.74) is 2.74. The van der Waals surface area contributed by atoms with Crippen LogP contribution < -0.4 is 4.74 Å². The average molecular weight is 415 g/mol. The summed E-state index contributed by atoms with van der Waals surface area (Å²) in [6, 6.07) is 6.96. The molecule has 0 amide bonds. The average Bonchev–Trinajstić information content (AvgIpc) is 2.66. The van der Waals surface area contributed by atoms with E-state index in [1.165, 1.54) is 11.1 Å². The highest BCUT2D eigenvalue weighted by molar-refractivity contribution is 7.89. The molecule has 1 aromatic carbocycles. The molecule has 0 spiro atoms. The first kappa shape index (κ1) is 20.9. The number of ether oxygens (including phenoxy) is 1. The molecular formula is C20H31ClN2O3S. The molecule has 152 valence electrons. The predicted octanol–water partition coefficient (Wildman–Crippen LogP) is 3.24. The lowest BCUT2D eigenvalue weighted by Crippen LogP contribution is -2.57. The van der Waals surface area contributed by atoms with E-state index in [1.807, 2.05) is 11.2 Å². The van der Waals surface area contributed by atoms with Gasteiger partial charge in [-0.1, -0.05) is 6.07 Å². The fourth-order valence-corrected chi connectivity index (χ4v) is 6.57. The summed E-state index contributed by atoms with van der Waals surface area (Å²) in [6.07, 6.45) is 4.12. The van der Waals surface area contributed by atoms with Crippen LogP contribution in [0, 0.1) is 5.92 Å². The van der Waals surface area contributed by atoms with E-state index in [0.29, 0.717) is 25.1 Å². The Kier molecular flexibility index (Phi) is 6.41. The van der Waals surface area contributed by atoms with Crippen LogP contribution in [0.1, 0.15) is 50.3 Å². The molecule has 3 aliphatic heterocycles. The summed E-state index contributed by atoms with van der Waals surface area (Å²) in [4.78, 5) is 2.59. The van der Waals surface area contributed by atoms with Crippen LogP contribution in [0.2, 0.25) is 0 Å². The minimum atomic E-state index is -3.13. The summed E-state index contributed by atoms with van der Waals surface area (Å²) < 4.78 is 32.8. The summed E-state index contributed by atoms with van der Waals surface area (Å²) >= 11 is 0. The summed E-state index contributed by atoms with van der Waals surface area (Å²) in [5, 5.41) is 0. The number of halogens is 1. The molecule has 7 heteroatoms. The summed E-state index contributed by atoms with van der Waals surface area (Å²) in [6.45, 7) is 7.24. The van der Waals surface area contributed by atoms with Crippen molar-refractivity contribution in [3.63, 3.8) is 0 Å². The van der Waals surface area contributed by atoms with Crippen LogP contribution in [0.3, 0.4) is 0 Å². The maximum absolute atomic E-state index is 12.6. The molecule has 27 heavy (non-hydrogen) atoms. The van der Waals surface area contributed by atoms with E-state index in [1.54, 1.807) is 6.92 Å². The first-order valence-electron chi connectivity index (χ1n) is 10.0. The van der Waals surface area contributed by atoms with Crippen molar-refractivity contribution in [2.45, 2.75) is 51.6 Å². The molecule has 0 unspecified atom stereocenters. The SMILES string of the molecule is CCOc1ccc2c(c1)CCN1C[C@H]3CCCN(S(=O)(=O)CC)[C@H]3C[C@H]21.Cl. The van der Waals surface area contributed by atoms with Crippen LogP contribution >= 0.6 is 12.4 Å². The lowest BCUT2D eigenvalue weighted by molar-refractivity contribution is 0.0220. The van der Waals surface area contributed by atoms with Gasteiger partial charge < -0.3 is 4.74 Å². The van der Waals surface area contributed by atoms with Crippen LogP contribution in [0.25, 0.3) is 0 Å². The molecule has 1 aromatic rings. The molecular weight excluding hydrogens is 384 g/mol. The molecule has 2 fully saturated rings. The van der Waals surface area contributed by atoms with Crippen LogP contribution in [-0.4, -0.2) is 55.7 Å². The molecule has 0 radical (unpaired) electrons. The minimum absolute atomic E-state index is 0. The maximum atomic E-state index is 12.6. The highest BCUT2D eigenvalue weighted by Gasteiger charge is 2.45. The number of benzene rings is 1. The number of hydrogen-bond acceptors (Lipinski definition) is 4. The molecule has 0 N–H and O–H groups in total. The lowest BCUT2D eigenvalue weighted by atomic mass is 9.77. The third-order valence-electron chi connectivity index (χ3n) is 6.42. The van der Waals surface area contributed by atoms with E-state index in [2.05, 4.69) is 23.1 Å². The maximum Gasteiger partial charge on any atom is 0.214 e. The van der Waals surface area contributed by atoms with E-state index < -0.39 is 10.0 Å². The van der Waals surface area contributed by atoms with Gasteiger partial charge in [0, 0.05) is 31.7 Å². The van der Waals surface area contributed by atoms with Crippen molar-refractivity contribution in [1.82, 2.24) is 9.21 Å². The molecule has 3 heterocycles. The van der Waals surface area contributed by atoms with Gasteiger partial charge in [-0.25, -0.2) is 8.42 Å². The van der Waals surface area contributed by atoms with Crippen molar-refractivity contribution in [3.05, 3.63) is 29.3 Å². The zero-order valence-corrected chi connectivity index (χ0v) is 17.9. The van der Waals surface area contributed by atoms with Gasteiger partial charge in [0.05, 0.1) is 12.4 Å². The quantitative estimate of drug-likeness (QED) is 0.758. The Balaban J connectivity index is 0.00000210. The van der Waals surface area contributed by atoms with Crippen molar-refractivity contribution in [3.8, 4) is 5.75 Å². The van der Waals surface area contributed by atoms with Crippen molar-refractivity contribution in [2.75, 3.05) is 32.0 Å². The van der Waals surface area contributed by atoms with E-state index >= 15 is 0 Å². The molecule has 3 aliphatic rings.